The first kappa shape index (κ1) is 10.2. The zero-order chi connectivity index (χ0) is 9.90. The van der Waals surface area contributed by atoms with E-state index in [9.17, 15) is 4.39 Å². The number of hydrogen-bond donors (Lipinski definition) is 2. The predicted octanol–water partition coefficient (Wildman–Crippen LogP) is 1.38. The van der Waals surface area contributed by atoms with Gasteiger partial charge in [0.05, 0.1) is 0 Å². The quantitative estimate of drug-likeness (QED) is 0.743. The van der Waals surface area contributed by atoms with Crippen LogP contribution in [0.5, 0.6) is 0 Å². The first-order valence-corrected chi connectivity index (χ1v) is 4.22. The lowest BCUT2D eigenvalue weighted by Crippen LogP contribution is -2.33. The van der Waals surface area contributed by atoms with Crippen LogP contribution in [0.25, 0.3) is 0 Å². The van der Waals surface area contributed by atoms with Crippen molar-refractivity contribution in [1.82, 2.24) is 0 Å². The lowest BCUT2D eigenvalue weighted by Gasteiger charge is -2.24. The Hall–Kier alpha value is -0.930. The summed E-state index contributed by atoms with van der Waals surface area (Å²) in [5.41, 5.74) is 6.17. The molecule has 0 amide bonds. The van der Waals surface area contributed by atoms with Crippen LogP contribution in [0, 0.1) is 5.82 Å². The summed E-state index contributed by atoms with van der Waals surface area (Å²) in [4.78, 5) is 0. The van der Waals surface area contributed by atoms with Crippen LogP contribution < -0.4 is 5.73 Å². The van der Waals surface area contributed by atoms with Crippen molar-refractivity contribution in [2.45, 2.75) is 18.9 Å². The third-order valence-corrected chi connectivity index (χ3v) is 2.13. The molecule has 0 aliphatic carbocycles. The Labute approximate surface area is 77.2 Å². The van der Waals surface area contributed by atoms with E-state index in [1.54, 1.807) is 12.1 Å². The molecule has 0 saturated heterocycles. The van der Waals surface area contributed by atoms with Crippen LogP contribution in [0.2, 0.25) is 0 Å². The molecule has 2 nitrogen and oxygen atoms in total. The highest BCUT2D eigenvalue weighted by Gasteiger charge is 2.19. The second-order valence-corrected chi connectivity index (χ2v) is 3.40. The minimum atomic E-state index is -0.581. The molecule has 1 aromatic rings. The van der Waals surface area contributed by atoms with Gasteiger partial charge in [-0.15, -0.1) is 0 Å². The van der Waals surface area contributed by atoms with E-state index in [4.69, 9.17) is 10.8 Å². The molecule has 0 radical (unpaired) electrons. The number of hydrogen-bond acceptors (Lipinski definition) is 2. The Bertz CT molecular complexity index is 269. The van der Waals surface area contributed by atoms with Gasteiger partial charge in [0.25, 0.3) is 0 Å². The molecule has 0 bridgehead atoms. The average Bonchev–Trinajstić information content (AvgIpc) is 2.05. The number of benzene rings is 1. The van der Waals surface area contributed by atoms with E-state index in [0.717, 1.165) is 5.56 Å². The highest BCUT2D eigenvalue weighted by Crippen LogP contribution is 2.21. The fourth-order valence-electron chi connectivity index (χ4n) is 1.21. The molecule has 0 spiro atoms. The van der Waals surface area contributed by atoms with Crippen LogP contribution >= 0.6 is 0 Å². The summed E-state index contributed by atoms with van der Waals surface area (Å²) < 4.78 is 12.6. The topological polar surface area (TPSA) is 46.2 Å². The van der Waals surface area contributed by atoms with Crippen LogP contribution in [-0.4, -0.2) is 11.7 Å². The molecule has 72 valence electrons. The fraction of sp³-hybridized carbons (Fsp3) is 0.400. The number of nitrogens with two attached hydrogens (primary N) is 1. The zero-order valence-corrected chi connectivity index (χ0v) is 7.63. The largest absolute Gasteiger partial charge is 0.396 e. The molecule has 0 heterocycles. The molecule has 13 heavy (non-hydrogen) atoms. The summed E-state index contributed by atoms with van der Waals surface area (Å²) >= 11 is 0. The van der Waals surface area contributed by atoms with Gasteiger partial charge in [-0.3, -0.25) is 0 Å². The van der Waals surface area contributed by atoms with Gasteiger partial charge in [0.2, 0.25) is 0 Å². The van der Waals surface area contributed by atoms with Crippen molar-refractivity contribution >= 4 is 0 Å². The van der Waals surface area contributed by atoms with Gasteiger partial charge in [0.1, 0.15) is 5.82 Å². The highest BCUT2D eigenvalue weighted by molar-refractivity contribution is 5.23. The van der Waals surface area contributed by atoms with E-state index in [2.05, 4.69) is 0 Å². The van der Waals surface area contributed by atoms with E-state index < -0.39 is 5.54 Å². The van der Waals surface area contributed by atoms with Crippen molar-refractivity contribution in [1.29, 1.82) is 0 Å². The minimum absolute atomic E-state index is 0.0321. The summed E-state index contributed by atoms with van der Waals surface area (Å²) in [6.45, 7) is 1.85. The van der Waals surface area contributed by atoms with Gasteiger partial charge in [-0.2, -0.15) is 0 Å². The van der Waals surface area contributed by atoms with Crippen LogP contribution in [0.15, 0.2) is 24.3 Å². The van der Waals surface area contributed by atoms with E-state index in [-0.39, 0.29) is 12.4 Å². The van der Waals surface area contributed by atoms with E-state index >= 15 is 0 Å². The van der Waals surface area contributed by atoms with Crippen molar-refractivity contribution in [3.8, 4) is 0 Å². The molecular weight excluding hydrogens is 169 g/mol. The molecule has 0 saturated carbocycles. The second kappa shape index (κ2) is 3.85. The Morgan fingerprint density at radius 1 is 1.38 bits per heavy atom. The number of halogens is 1. The van der Waals surface area contributed by atoms with Gasteiger partial charge in [-0.05, 0) is 31.0 Å². The molecule has 0 fully saturated rings. The normalized spacial score (nSPS) is 15.4. The van der Waals surface area contributed by atoms with Crippen LogP contribution in [-0.2, 0) is 5.54 Å². The monoisotopic (exact) mass is 183 g/mol. The number of rotatable bonds is 3. The standard InChI is InChI=1S/C10H14FNO/c1-10(12,6-7-13)8-2-4-9(11)5-3-8/h2-5,13H,6-7,12H2,1H3. The van der Waals surface area contributed by atoms with Gasteiger partial charge in [-0.1, -0.05) is 12.1 Å². The Morgan fingerprint density at radius 2 is 1.92 bits per heavy atom. The molecule has 1 atom stereocenters. The van der Waals surface area contributed by atoms with E-state index in [1.165, 1.54) is 12.1 Å². The molecule has 1 aromatic carbocycles. The number of aliphatic hydroxyl groups excluding tert-OH is 1. The summed E-state index contributed by atoms with van der Waals surface area (Å²) in [5, 5.41) is 8.76. The first-order valence-electron chi connectivity index (χ1n) is 4.22. The smallest absolute Gasteiger partial charge is 0.123 e. The maximum absolute atomic E-state index is 12.6. The van der Waals surface area contributed by atoms with Crippen LogP contribution in [0.3, 0.4) is 0 Å². The summed E-state index contributed by atoms with van der Waals surface area (Å²) in [6, 6.07) is 6.03. The van der Waals surface area contributed by atoms with Crippen LogP contribution in [0.4, 0.5) is 4.39 Å². The minimum Gasteiger partial charge on any atom is -0.396 e. The molecule has 3 heteroatoms. The molecule has 3 N–H and O–H groups in total. The zero-order valence-electron chi connectivity index (χ0n) is 7.63. The predicted molar refractivity (Wildman–Crippen MR) is 49.6 cm³/mol. The summed E-state index contributed by atoms with van der Waals surface area (Å²) in [6.07, 6.45) is 0.471. The van der Waals surface area contributed by atoms with Crippen molar-refractivity contribution in [3.63, 3.8) is 0 Å². The molecular formula is C10H14FNO. The van der Waals surface area contributed by atoms with Gasteiger partial charge < -0.3 is 10.8 Å². The fourth-order valence-corrected chi connectivity index (χ4v) is 1.21. The Morgan fingerprint density at radius 3 is 2.38 bits per heavy atom. The molecule has 1 rings (SSSR count). The second-order valence-electron chi connectivity index (χ2n) is 3.40. The molecule has 0 aliphatic heterocycles. The average molecular weight is 183 g/mol. The van der Waals surface area contributed by atoms with Gasteiger partial charge >= 0.3 is 0 Å². The first-order chi connectivity index (χ1) is 6.06. The molecule has 0 aliphatic rings. The SMILES string of the molecule is CC(N)(CCO)c1ccc(F)cc1. The van der Waals surface area contributed by atoms with Crippen molar-refractivity contribution in [2.75, 3.05) is 6.61 Å². The maximum atomic E-state index is 12.6. The Balaban J connectivity index is 2.87. The van der Waals surface area contributed by atoms with Crippen molar-refractivity contribution in [3.05, 3.63) is 35.6 Å². The lowest BCUT2D eigenvalue weighted by molar-refractivity contribution is 0.247. The third kappa shape index (κ3) is 2.50. The van der Waals surface area contributed by atoms with E-state index in [0.29, 0.717) is 6.42 Å². The molecule has 0 aromatic heterocycles. The summed E-state index contributed by atoms with van der Waals surface area (Å²) in [5.74, 6) is -0.274. The van der Waals surface area contributed by atoms with Gasteiger partial charge in [0.15, 0.2) is 0 Å². The highest BCUT2D eigenvalue weighted by atomic mass is 19.1. The lowest BCUT2D eigenvalue weighted by atomic mass is 9.90. The van der Waals surface area contributed by atoms with E-state index in [1.807, 2.05) is 6.92 Å². The molecule has 1 unspecified atom stereocenters. The number of aliphatic hydroxyl groups is 1. The third-order valence-electron chi connectivity index (χ3n) is 2.13. The Kier molecular flexibility index (Phi) is 3.01. The van der Waals surface area contributed by atoms with Crippen LogP contribution in [0.1, 0.15) is 18.9 Å². The maximum Gasteiger partial charge on any atom is 0.123 e. The summed E-state index contributed by atoms with van der Waals surface area (Å²) in [7, 11) is 0. The van der Waals surface area contributed by atoms with Gasteiger partial charge in [0, 0.05) is 12.1 Å². The van der Waals surface area contributed by atoms with Crippen molar-refractivity contribution < 1.29 is 9.50 Å². The van der Waals surface area contributed by atoms with Crippen molar-refractivity contribution in [2.24, 2.45) is 5.73 Å². The van der Waals surface area contributed by atoms with Gasteiger partial charge in [-0.25, -0.2) is 4.39 Å².